The van der Waals surface area contributed by atoms with Crippen molar-refractivity contribution in [2.45, 2.75) is 25.5 Å². The van der Waals surface area contributed by atoms with Crippen molar-refractivity contribution in [3.63, 3.8) is 0 Å². The van der Waals surface area contributed by atoms with Gasteiger partial charge in [0.05, 0.1) is 18.6 Å². The Bertz CT molecular complexity index is 448. The molecule has 0 bridgehead atoms. The lowest BCUT2D eigenvalue weighted by atomic mass is 10.0. The number of nitrogens with one attached hydrogen (secondary N) is 1. The molecule has 1 rings (SSSR count). The van der Waals surface area contributed by atoms with Crippen molar-refractivity contribution in [3.05, 3.63) is 35.9 Å². The molecule has 3 N–H and O–H groups in total. The zero-order valence-corrected chi connectivity index (χ0v) is 11.6. The zero-order chi connectivity index (χ0) is 15.1. The van der Waals surface area contributed by atoms with Gasteiger partial charge < -0.3 is 20.4 Å². The second-order valence-corrected chi connectivity index (χ2v) is 4.74. The Balaban J connectivity index is 2.75. The Kier molecular flexibility index (Phi) is 5.99. The molecule has 0 spiro atoms. The predicted octanol–water partition coefficient (Wildman–Crippen LogP) is 1.22. The van der Waals surface area contributed by atoms with Crippen LogP contribution in [0.25, 0.3) is 0 Å². The number of benzene rings is 1. The summed E-state index contributed by atoms with van der Waals surface area (Å²) in [6, 6.07) is 7.91. The summed E-state index contributed by atoms with van der Waals surface area (Å²) in [7, 11) is 1.55. The average molecular weight is 280 g/mol. The summed E-state index contributed by atoms with van der Waals surface area (Å²) in [4.78, 5) is 24.2. The Morgan fingerprint density at radius 2 is 1.90 bits per heavy atom. The van der Waals surface area contributed by atoms with Crippen LogP contribution in [0.3, 0.4) is 0 Å². The number of carbonyl (C=O) groups is 2. The summed E-state index contributed by atoms with van der Waals surface area (Å²) in [6.45, 7) is 1.76. The maximum absolute atomic E-state index is 12.0. The number of likely N-dealkylation sites (N-methyl/N-ethyl adjacent to an activating group) is 1. The molecule has 0 radical (unpaired) electrons. The Morgan fingerprint density at radius 3 is 2.40 bits per heavy atom. The van der Waals surface area contributed by atoms with Crippen LogP contribution in [0.4, 0.5) is 4.79 Å². The van der Waals surface area contributed by atoms with Gasteiger partial charge in [-0.05, 0) is 12.5 Å². The third kappa shape index (κ3) is 5.27. The SMILES string of the molecule is CC(O)CN(C)C(=O)NC(CC(=O)O)c1ccccc1. The quantitative estimate of drug-likeness (QED) is 0.731. The summed E-state index contributed by atoms with van der Waals surface area (Å²) in [6.07, 6.45) is -0.835. The normalized spacial score (nSPS) is 13.3. The summed E-state index contributed by atoms with van der Waals surface area (Å²) in [5, 5.41) is 20.9. The number of carboxylic acids is 1. The van der Waals surface area contributed by atoms with E-state index in [9.17, 15) is 14.7 Å². The number of urea groups is 1. The third-order valence-electron chi connectivity index (χ3n) is 2.76. The minimum atomic E-state index is -0.989. The lowest BCUT2D eigenvalue weighted by molar-refractivity contribution is -0.137. The first-order valence-electron chi connectivity index (χ1n) is 6.36. The van der Waals surface area contributed by atoms with E-state index in [1.165, 1.54) is 4.90 Å². The van der Waals surface area contributed by atoms with Crippen LogP contribution < -0.4 is 5.32 Å². The van der Waals surface area contributed by atoms with E-state index in [2.05, 4.69) is 5.32 Å². The van der Waals surface area contributed by atoms with Crippen molar-refractivity contribution in [2.75, 3.05) is 13.6 Å². The number of aliphatic carboxylic acids is 1. The van der Waals surface area contributed by atoms with E-state index in [0.29, 0.717) is 0 Å². The molecule has 2 amide bonds. The smallest absolute Gasteiger partial charge is 0.317 e. The highest BCUT2D eigenvalue weighted by Gasteiger charge is 2.20. The van der Waals surface area contributed by atoms with E-state index >= 15 is 0 Å². The maximum atomic E-state index is 12.0. The molecule has 20 heavy (non-hydrogen) atoms. The van der Waals surface area contributed by atoms with Gasteiger partial charge in [-0.1, -0.05) is 30.3 Å². The minimum Gasteiger partial charge on any atom is -0.481 e. The lowest BCUT2D eigenvalue weighted by Gasteiger charge is -2.24. The van der Waals surface area contributed by atoms with Crippen LogP contribution in [-0.2, 0) is 4.79 Å². The fourth-order valence-electron chi connectivity index (χ4n) is 1.85. The van der Waals surface area contributed by atoms with Crippen molar-refractivity contribution in [1.82, 2.24) is 10.2 Å². The Hall–Kier alpha value is -2.08. The van der Waals surface area contributed by atoms with Crippen molar-refractivity contribution in [3.8, 4) is 0 Å². The van der Waals surface area contributed by atoms with Crippen LogP contribution in [0.2, 0.25) is 0 Å². The van der Waals surface area contributed by atoms with Crippen LogP contribution >= 0.6 is 0 Å². The number of nitrogens with zero attached hydrogens (tertiary/aromatic N) is 1. The summed E-state index contributed by atoms with van der Waals surface area (Å²) < 4.78 is 0. The van der Waals surface area contributed by atoms with Gasteiger partial charge in [-0.15, -0.1) is 0 Å². The average Bonchev–Trinajstić information content (AvgIpc) is 2.37. The standard InChI is InChI=1S/C14H20N2O4/c1-10(17)9-16(2)14(20)15-12(8-13(18)19)11-6-4-3-5-7-11/h3-7,10,12,17H,8-9H2,1-2H3,(H,15,20)(H,18,19). The van der Waals surface area contributed by atoms with Crippen molar-refractivity contribution >= 4 is 12.0 Å². The van der Waals surface area contributed by atoms with Gasteiger partial charge >= 0.3 is 12.0 Å². The molecule has 0 fully saturated rings. The van der Waals surface area contributed by atoms with Crippen LogP contribution in [0.1, 0.15) is 24.9 Å². The van der Waals surface area contributed by atoms with Crippen LogP contribution in [0.15, 0.2) is 30.3 Å². The van der Waals surface area contributed by atoms with E-state index in [4.69, 9.17) is 5.11 Å². The molecule has 0 saturated heterocycles. The monoisotopic (exact) mass is 280 g/mol. The number of hydrogen-bond acceptors (Lipinski definition) is 3. The van der Waals surface area contributed by atoms with Gasteiger partial charge in [0.15, 0.2) is 0 Å². The van der Waals surface area contributed by atoms with Gasteiger partial charge in [0.1, 0.15) is 0 Å². The van der Waals surface area contributed by atoms with Crippen molar-refractivity contribution in [2.24, 2.45) is 0 Å². The van der Waals surface area contributed by atoms with Crippen LogP contribution in [0, 0.1) is 0 Å². The number of hydrogen-bond donors (Lipinski definition) is 3. The molecule has 0 heterocycles. The topological polar surface area (TPSA) is 89.9 Å². The number of carboxylic acid groups (broad SMARTS) is 1. The molecule has 1 aromatic carbocycles. The number of aliphatic hydroxyl groups excluding tert-OH is 1. The predicted molar refractivity (Wildman–Crippen MR) is 74.3 cm³/mol. The summed E-state index contributed by atoms with van der Waals surface area (Å²) in [5.74, 6) is -0.989. The molecule has 0 aliphatic rings. The van der Waals surface area contributed by atoms with Crippen molar-refractivity contribution < 1.29 is 19.8 Å². The molecule has 2 unspecified atom stereocenters. The van der Waals surface area contributed by atoms with Crippen LogP contribution in [-0.4, -0.2) is 46.8 Å². The van der Waals surface area contributed by atoms with E-state index in [-0.39, 0.29) is 13.0 Å². The highest BCUT2D eigenvalue weighted by atomic mass is 16.4. The Morgan fingerprint density at radius 1 is 1.30 bits per heavy atom. The minimum absolute atomic E-state index is 0.181. The molecular formula is C14H20N2O4. The number of amides is 2. The zero-order valence-electron chi connectivity index (χ0n) is 11.6. The number of aliphatic hydroxyl groups is 1. The fraction of sp³-hybridized carbons (Fsp3) is 0.429. The molecule has 0 aliphatic carbocycles. The van der Waals surface area contributed by atoms with E-state index in [1.807, 2.05) is 6.07 Å². The van der Waals surface area contributed by atoms with E-state index in [1.54, 1.807) is 38.2 Å². The molecule has 0 aliphatic heterocycles. The van der Waals surface area contributed by atoms with E-state index in [0.717, 1.165) is 5.56 Å². The largest absolute Gasteiger partial charge is 0.481 e. The third-order valence-corrected chi connectivity index (χ3v) is 2.76. The van der Waals surface area contributed by atoms with Gasteiger partial charge in [-0.3, -0.25) is 4.79 Å². The van der Waals surface area contributed by atoms with E-state index < -0.39 is 24.1 Å². The second-order valence-electron chi connectivity index (χ2n) is 4.74. The highest BCUT2D eigenvalue weighted by molar-refractivity contribution is 5.76. The highest BCUT2D eigenvalue weighted by Crippen LogP contribution is 2.16. The van der Waals surface area contributed by atoms with Gasteiger partial charge in [0, 0.05) is 13.6 Å². The first-order valence-corrected chi connectivity index (χ1v) is 6.36. The Labute approximate surface area is 118 Å². The molecule has 6 heteroatoms. The number of carbonyl (C=O) groups excluding carboxylic acids is 1. The first kappa shape index (κ1) is 16.0. The first-order chi connectivity index (χ1) is 9.40. The van der Waals surface area contributed by atoms with Gasteiger partial charge in [-0.25, -0.2) is 4.79 Å². The molecule has 110 valence electrons. The molecular weight excluding hydrogens is 260 g/mol. The van der Waals surface area contributed by atoms with Gasteiger partial charge in [-0.2, -0.15) is 0 Å². The lowest BCUT2D eigenvalue weighted by Crippen LogP contribution is -2.42. The molecule has 2 atom stereocenters. The molecule has 1 aromatic rings. The molecule has 6 nitrogen and oxygen atoms in total. The molecule has 0 saturated carbocycles. The summed E-state index contributed by atoms with van der Waals surface area (Å²) in [5.41, 5.74) is 0.730. The summed E-state index contributed by atoms with van der Waals surface area (Å²) >= 11 is 0. The van der Waals surface area contributed by atoms with Gasteiger partial charge in [0.25, 0.3) is 0 Å². The van der Waals surface area contributed by atoms with Crippen LogP contribution in [0.5, 0.6) is 0 Å². The maximum Gasteiger partial charge on any atom is 0.317 e. The fourth-order valence-corrected chi connectivity index (χ4v) is 1.85. The second kappa shape index (κ2) is 7.49. The van der Waals surface area contributed by atoms with Crippen molar-refractivity contribution in [1.29, 1.82) is 0 Å². The molecule has 0 aromatic heterocycles. The number of rotatable bonds is 6. The van der Waals surface area contributed by atoms with Gasteiger partial charge in [0.2, 0.25) is 0 Å².